The first-order valence-electron chi connectivity index (χ1n) is 18.4. The normalized spacial score (nSPS) is 13.6. The molecule has 10 heteroatoms. The molecule has 3 aliphatic rings. The molecular formula is C48H27F4N3S3. The van der Waals surface area contributed by atoms with Crippen LogP contribution in [0.3, 0.4) is 0 Å². The first-order valence-corrected chi connectivity index (χ1v) is 20.9. The highest BCUT2D eigenvalue weighted by molar-refractivity contribution is 8.00. The fraction of sp³-hybridized carbons (Fsp3) is 0. The largest absolute Gasteiger partial charge is 0.308 e. The zero-order chi connectivity index (χ0) is 39.1. The molecule has 0 bridgehead atoms. The molecule has 0 aliphatic carbocycles. The van der Waals surface area contributed by atoms with Gasteiger partial charge in [0.1, 0.15) is 0 Å². The summed E-state index contributed by atoms with van der Waals surface area (Å²) in [5, 5.41) is 0. The molecule has 3 nitrogen and oxygen atoms in total. The number of nitrogens with zero attached hydrogens (tertiary/aromatic N) is 3. The maximum atomic E-state index is 15.7. The molecule has 0 N–H and O–H groups in total. The van der Waals surface area contributed by atoms with Crippen molar-refractivity contribution in [2.45, 2.75) is 29.4 Å². The van der Waals surface area contributed by atoms with Gasteiger partial charge in [0.25, 0.3) is 0 Å². The number of hydrogen-bond acceptors (Lipinski definition) is 6. The lowest BCUT2D eigenvalue weighted by molar-refractivity contribution is 0.458. The molecule has 8 aromatic carbocycles. The Bertz CT molecular complexity index is 2730. The molecule has 3 aliphatic heterocycles. The first-order chi connectivity index (χ1) is 28.4. The summed E-state index contributed by atoms with van der Waals surface area (Å²) in [6.45, 7) is 0. The van der Waals surface area contributed by atoms with Gasteiger partial charge < -0.3 is 14.7 Å². The highest BCUT2D eigenvalue weighted by Crippen LogP contribution is 2.59. The monoisotopic (exact) mass is 817 g/mol. The molecule has 8 aromatic rings. The van der Waals surface area contributed by atoms with Gasteiger partial charge in [-0.3, -0.25) is 0 Å². The van der Waals surface area contributed by atoms with Crippen molar-refractivity contribution in [1.29, 1.82) is 0 Å². The average molecular weight is 818 g/mol. The van der Waals surface area contributed by atoms with Crippen LogP contribution in [0.2, 0.25) is 0 Å². The predicted molar refractivity (Wildman–Crippen MR) is 228 cm³/mol. The standard InChI is InChI=1S/C48H27F4N3S3/c49-31-27-32(50)48(52)46(47(31)51)30-11-1-2-12-33(30)55-38-23-21-28(53-34-13-3-7-17-40(34)56-41-18-8-4-14-35(41)53)25-44(38)58-45-26-29(22-24-39(45)55)54-36-15-5-9-19-42(36)57-43-20-10-6-16-37(43)54/h1-27H. The second kappa shape index (κ2) is 13.8. The molecule has 11 rings (SSSR count). The van der Waals surface area contributed by atoms with Crippen LogP contribution < -0.4 is 14.7 Å². The summed E-state index contributed by atoms with van der Waals surface area (Å²) in [5.41, 5.74) is 7.18. The molecule has 0 saturated carbocycles. The number of hydrogen-bond donors (Lipinski definition) is 0. The van der Waals surface area contributed by atoms with Crippen molar-refractivity contribution in [1.82, 2.24) is 0 Å². The van der Waals surface area contributed by atoms with Gasteiger partial charge in [0, 0.05) is 52.4 Å². The van der Waals surface area contributed by atoms with E-state index in [0.29, 0.717) is 5.69 Å². The van der Waals surface area contributed by atoms with Crippen LogP contribution >= 0.6 is 35.3 Å². The number of anilines is 9. The van der Waals surface area contributed by atoms with E-state index in [4.69, 9.17) is 0 Å². The average Bonchev–Trinajstić information content (AvgIpc) is 3.26. The number of halogens is 4. The van der Waals surface area contributed by atoms with Gasteiger partial charge in [-0.05, 0) is 91.0 Å². The summed E-state index contributed by atoms with van der Waals surface area (Å²) in [6, 6.07) is 52.4. The summed E-state index contributed by atoms with van der Waals surface area (Å²) in [6.07, 6.45) is 0. The number of para-hydroxylation sites is 5. The highest BCUT2D eigenvalue weighted by Gasteiger charge is 2.33. The Labute approximate surface area is 344 Å². The van der Waals surface area contributed by atoms with Crippen molar-refractivity contribution in [2.24, 2.45) is 0 Å². The van der Waals surface area contributed by atoms with E-state index in [2.05, 4.69) is 70.5 Å². The van der Waals surface area contributed by atoms with Gasteiger partial charge in [0.2, 0.25) is 0 Å². The Morgan fingerprint density at radius 1 is 0.310 bits per heavy atom. The van der Waals surface area contributed by atoms with E-state index in [1.165, 1.54) is 6.07 Å². The SMILES string of the molecule is Fc1cc(F)c(F)c(-c2ccccc2N2c3ccc(N4c5ccccc5Sc5ccccc54)cc3Sc3cc(N4c5ccccc5Sc5ccccc54)ccc32)c1F. The molecule has 58 heavy (non-hydrogen) atoms. The van der Waals surface area contributed by atoms with Crippen LogP contribution in [-0.2, 0) is 0 Å². The third kappa shape index (κ3) is 5.54. The second-order valence-electron chi connectivity index (χ2n) is 13.8. The second-order valence-corrected chi connectivity index (χ2v) is 17.1. The Hall–Kier alpha value is -6.07. The lowest BCUT2D eigenvalue weighted by atomic mass is 9.99. The van der Waals surface area contributed by atoms with E-state index >= 15 is 8.78 Å². The van der Waals surface area contributed by atoms with Crippen molar-refractivity contribution >= 4 is 86.5 Å². The van der Waals surface area contributed by atoms with Crippen LogP contribution in [0.5, 0.6) is 0 Å². The fourth-order valence-electron chi connectivity index (χ4n) is 7.98. The maximum Gasteiger partial charge on any atom is 0.169 e. The van der Waals surface area contributed by atoms with Crippen molar-refractivity contribution in [3.8, 4) is 11.1 Å². The van der Waals surface area contributed by atoms with E-state index in [0.717, 1.165) is 74.9 Å². The molecule has 0 aromatic heterocycles. The Balaban J connectivity index is 1.13. The molecule has 0 amide bonds. The lowest BCUT2D eigenvalue weighted by Crippen LogP contribution is -2.19. The molecule has 0 spiro atoms. The van der Waals surface area contributed by atoms with Gasteiger partial charge in [-0.2, -0.15) is 0 Å². The molecule has 0 saturated heterocycles. The summed E-state index contributed by atoms with van der Waals surface area (Å²) in [5.74, 6) is -5.84. The van der Waals surface area contributed by atoms with E-state index in [1.807, 2.05) is 77.7 Å². The van der Waals surface area contributed by atoms with E-state index in [9.17, 15) is 8.78 Å². The maximum absolute atomic E-state index is 15.7. The topological polar surface area (TPSA) is 9.72 Å². The lowest BCUT2D eigenvalue weighted by Gasteiger charge is -2.38. The van der Waals surface area contributed by atoms with Gasteiger partial charge in [-0.1, -0.05) is 102 Å². The molecule has 0 fully saturated rings. The fourth-order valence-corrected chi connectivity index (χ4v) is 11.2. The zero-order valence-electron chi connectivity index (χ0n) is 30.2. The number of fused-ring (bicyclic) bond motifs is 6. The Morgan fingerprint density at radius 2 is 0.655 bits per heavy atom. The smallest absolute Gasteiger partial charge is 0.169 e. The van der Waals surface area contributed by atoms with Crippen LogP contribution in [0, 0.1) is 23.3 Å². The van der Waals surface area contributed by atoms with Gasteiger partial charge in [-0.15, -0.1) is 0 Å². The van der Waals surface area contributed by atoms with Gasteiger partial charge in [0.05, 0.1) is 45.4 Å². The third-order valence-electron chi connectivity index (χ3n) is 10.5. The molecule has 280 valence electrons. The Kier molecular flexibility index (Phi) is 8.35. The van der Waals surface area contributed by atoms with Crippen molar-refractivity contribution in [2.75, 3.05) is 14.7 Å². The Morgan fingerprint density at radius 3 is 1.09 bits per heavy atom. The molecule has 0 unspecified atom stereocenters. The van der Waals surface area contributed by atoms with E-state index in [-0.39, 0.29) is 11.6 Å². The van der Waals surface area contributed by atoms with Gasteiger partial charge >= 0.3 is 0 Å². The summed E-state index contributed by atoms with van der Waals surface area (Å²) in [7, 11) is 0. The van der Waals surface area contributed by atoms with Crippen LogP contribution in [0.4, 0.5) is 68.7 Å². The first kappa shape index (κ1) is 35.1. The summed E-state index contributed by atoms with van der Waals surface area (Å²) < 4.78 is 60.9. The minimum Gasteiger partial charge on any atom is -0.308 e. The molecule has 0 atom stereocenters. The van der Waals surface area contributed by atoms with Crippen LogP contribution in [0.15, 0.2) is 193 Å². The number of rotatable bonds is 4. The zero-order valence-corrected chi connectivity index (χ0v) is 32.6. The van der Waals surface area contributed by atoms with Gasteiger partial charge in [0.15, 0.2) is 23.3 Å². The molecule has 3 heterocycles. The minimum atomic E-state index is -1.46. The quantitative estimate of drug-likeness (QED) is 0.128. The van der Waals surface area contributed by atoms with Crippen LogP contribution in [0.1, 0.15) is 0 Å². The number of benzene rings is 8. The minimum absolute atomic E-state index is 0.0136. The third-order valence-corrected chi connectivity index (χ3v) is 13.8. The van der Waals surface area contributed by atoms with Crippen LogP contribution in [0.25, 0.3) is 11.1 Å². The predicted octanol–water partition coefficient (Wildman–Crippen LogP) is 15.7. The summed E-state index contributed by atoms with van der Waals surface area (Å²) >= 11 is 5.06. The van der Waals surface area contributed by atoms with Crippen LogP contribution in [-0.4, -0.2) is 0 Å². The van der Waals surface area contributed by atoms with Crippen molar-refractivity contribution in [3.63, 3.8) is 0 Å². The van der Waals surface area contributed by atoms with E-state index in [1.54, 1.807) is 53.5 Å². The van der Waals surface area contributed by atoms with Crippen molar-refractivity contribution < 1.29 is 17.6 Å². The summed E-state index contributed by atoms with van der Waals surface area (Å²) in [4.78, 5) is 12.7. The van der Waals surface area contributed by atoms with Gasteiger partial charge in [-0.25, -0.2) is 17.6 Å². The highest BCUT2D eigenvalue weighted by atomic mass is 32.2. The molecular weight excluding hydrogens is 791 g/mol. The van der Waals surface area contributed by atoms with Crippen molar-refractivity contribution in [3.05, 3.63) is 187 Å². The molecule has 0 radical (unpaired) electrons. The van der Waals surface area contributed by atoms with E-state index < -0.39 is 28.8 Å².